The maximum atomic E-state index is 12.8. The minimum atomic E-state index is -0.415. The van der Waals surface area contributed by atoms with Gasteiger partial charge in [0.1, 0.15) is 5.75 Å². The number of nitrogens with one attached hydrogen (secondary N) is 2. The Labute approximate surface area is 197 Å². The lowest BCUT2D eigenvalue weighted by Gasteiger charge is -2.19. The molecule has 0 unspecified atom stereocenters. The van der Waals surface area contributed by atoms with Crippen molar-refractivity contribution < 1.29 is 19.1 Å². The summed E-state index contributed by atoms with van der Waals surface area (Å²) in [6.07, 6.45) is 0. The van der Waals surface area contributed by atoms with Crippen molar-refractivity contribution in [1.82, 2.24) is 5.32 Å². The third-order valence-electron chi connectivity index (χ3n) is 4.79. The van der Waals surface area contributed by atoms with Gasteiger partial charge in [-0.25, -0.2) is 4.90 Å². The Morgan fingerprint density at radius 2 is 1.66 bits per heavy atom. The van der Waals surface area contributed by atoms with Crippen LogP contribution in [0.4, 0.5) is 11.4 Å². The summed E-state index contributed by atoms with van der Waals surface area (Å²) in [6, 6.07) is 18.4. The Morgan fingerprint density at radius 1 is 0.969 bits per heavy atom. The van der Waals surface area contributed by atoms with Crippen LogP contribution in [-0.2, 0) is 0 Å². The summed E-state index contributed by atoms with van der Waals surface area (Å²) in [5, 5.41) is 5.60. The van der Waals surface area contributed by atoms with E-state index in [-0.39, 0.29) is 11.0 Å². The predicted octanol–water partition coefficient (Wildman–Crippen LogP) is 4.39. The van der Waals surface area contributed by atoms with E-state index in [1.165, 1.54) is 7.11 Å². The summed E-state index contributed by atoms with van der Waals surface area (Å²) < 4.78 is 6.19. The van der Waals surface area contributed by atoms with Gasteiger partial charge >= 0.3 is 0 Å². The standard InChI is InChI=1S/C23H16BrN3O4S/c1-31-19-12-15(25-23(32)26-20(28)13-5-4-6-14(24)11-13)9-10-18(19)27-21(29)16-7-2-3-8-17(16)22(27)30/h2-12H,1H3,(H2,25,26,28,32). The third-order valence-corrected chi connectivity index (χ3v) is 5.48. The molecule has 2 N–H and O–H groups in total. The molecule has 3 aromatic carbocycles. The monoisotopic (exact) mass is 509 g/mol. The van der Waals surface area contributed by atoms with Crippen LogP contribution in [0.25, 0.3) is 0 Å². The number of methoxy groups -OCH3 is 1. The van der Waals surface area contributed by atoms with Gasteiger partial charge in [0.2, 0.25) is 0 Å². The smallest absolute Gasteiger partial charge is 0.266 e. The average molecular weight is 510 g/mol. The highest BCUT2D eigenvalue weighted by molar-refractivity contribution is 9.10. The number of benzene rings is 3. The first-order chi connectivity index (χ1) is 15.4. The molecule has 0 aliphatic carbocycles. The molecule has 32 heavy (non-hydrogen) atoms. The van der Waals surface area contributed by atoms with E-state index in [0.29, 0.717) is 33.8 Å². The number of halogens is 1. The summed E-state index contributed by atoms with van der Waals surface area (Å²) in [7, 11) is 1.44. The second-order valence-electron chi connectivity index (χ2n) is 6.80. The number of rotatable bonds is 4. The van der Waals surface area contributed by atoms with Crippen LogP contribution < -0.4 is 20.3 Å². The number of imide groups is 1. The molecule has 0 radical (unpaired) electrons. The summed E-state index contributed by atoms with van der Waals surface area (Å²) >= 11 is 8.56. The topological polar surface area (TPSA) is 87.7 Å². The second kappa shape index (κ2) is 8.89. The Hall–Kier alpha value is -3.56. The van der Waals surface area contributed by atoms with Crippen LogP contribution in [0.5, 0.6) is 5.75 Å². The van der Waals surface area contributed by atoms with Crippen LogP contribution >= 0.6 is 28.1 Å². The van der Waals surface area contributed by atoms with Gasteiger partial charge in [-0.05, 0) is 54.7 Å². The summed E-state index contributed by atoms with van der Waals surface area (Å²) in [6.45, 7) is 0. The van der Waals surface area contributed by atoms with Crippen molar-refractivity contribution in [1.29, 1.82) is 0 Å². The molecule has 3 aromatic rings. The largest absolute Gasteiger partial charge is 0.494 e. The Morgan fingerprint density at radius 3 is 2.28 bits per heavy atom. The first-order valence-electron chi connectivity index (χ1n) is 9.43. The molecule has 0 saturated carbocycles. The van der Waals surface area contributed by atoms with Gasteiger partial charge in [-0.3, -0.25) is 19.7 Å². The van der Waals surface area contributed by atoms with Gasteiger partial charge in [0.05, 0.1) is 23.9 Å². The normalized spacial score (nSPS) is 12.4. The number of ether oxygens (including phenoxy) is 1. The van der Waals surface area contributed by atoms with Crippen LogP contribution in [0.1, 0.15) is 31.1 Å². The highest BCUT2D eigenvalue weighted by atomic mass is 79.9. The number of nitrogens with zero attached hydrogens (tertiary/aromatic N) is 1. The number of anilines is 2. The fourth-order valence-electron chi connectivity index (χ4n) is 3.32. The van der Waals surface area contributed by atoms with Gasteiger partial charge in [-0.1, -0.05) is 34.1 Å². The van der Waals surface area contributed by atoms with Crippen molar-refractivity contribution in [3.63, 3.8) is 0 Å². The summed E-state index contributed by atoms with van der Waals surface area (Å²) in [5.41, 5.74) is 1.97. The minimum Gasteiger partial charge on any atom is -0.494 e. The van der Waals surface area contributed by atoms with E-state index in [0.717, 1.165) is 9.37 Å². The predicted molar refractivity (Wildman–Crippen MR) is 128 cm³/mol. The lowest BCUT2D eigenvalue weighted by Crippen LogP contribution is -2.34. The van der Waals surface area contributed by atoms with E-state index in [9.17, 15) is 14.4 Å². The fraction of sp³-hybridized carbons (Fsp3) is 0.0435. The first-order valence-corrected chi connectivity index (χ1v) is 10.6. The van der Waals surface area contributed by atoms with Crippen LogP contribution in [0.15, 0.2) is 71.2 Å². The van der Waals surface area contributed by atoms with Gasteiger partial charge in [0.25, 0.3) is 17.7 Å². The van der Waals surface area contributed by atoms with Crippen molar-refractivity contribution in [3.05, 3.63) is 87.9 Å². The number of carbonyl (C=O) groups is 3. The van der Waals surface area contributed by atoms with E-state index in [1.54, 1.807) is 60.7 Å². The molecule has 1 aliphatic heterocycles. The zero-order chi connectivity index (χ0) is 22.8. The fourth-order valence-corrected chi connectivity index (χ4v) is 3.93. The van der Waals surface area contributed by atoms with E-state index in [1.807, 2.05) is 6.07 Å². The van der Waals surface area contributed by atoms with Crippen molar-refractivity contribution in [2.24, 2.45) is 0 Å². The molecule has 0 atom stereocenters. The van der Waals surface area contributed by atoms with Crippen LogP contribution in [-0.4, -0.2) is 29.9 Å². The first kappa shape index (κ1) is 21.7. The molecular formula is C23H16BrN3O4S. The van der Waals surface area contributed by atoms with Gasteiger partial charge in [0, 0.05) is 21.8 Å². The van der Waals surface area contributed by atoms with Gasteiger partial charge in [-0.2, -0.15) is 0 Å². The Bertz CT molecular complexity index is 1240. The van der Waals surface area contributed by atoms with E-state index >= 15 is 0 Å². The van der Waals surface area contributed by atoms with Crippen LogP contribution in [0, 0.1) is 0 Å². The molecule has 0 saturated heterocycles. The SMILES string of the molecule is COc1cc(NC(=S)NC(=O)c2cccc(Br)c2)ccc1N1C(=O)c2ccccc2C1=O. The second-order valence-corrected chi connectivity index (χ2v) is 8.12. The zero-order valence-electron chi connectivity index (χ0n) is 16.7. The van der Waals surface area contributed by atoms with Gasteiger partial charge in [0.15, 0.2) is 5.11 Å². The Kier molecular flexibility index (Phi) is 6.02. The average Bonchev–Trinajstić information content (AvgIpc) is 3.04. The van der Waals surface area contributed by atoms with Crippen molar-refractivity contribution in [3.8, 4) is 5.75 Å². The lowest BCUT2D eigenvalue weighted by molar-refractivity contribution is 0.0922. The molecule has 0 bridgehead atoms. The summed E-state index contributed by atoms with van der Waals surface area (Å²) in [5.74, 6) is -0.896. The number of fused-ring (bicyclic) bond motifs is 1. The van der Waals surface area contributed by atoms with Crippen LogP contribution in [0.2, 0.25) is 0 Å². The maximum absolute atomic E-state index is 12.8. The van der Waals surface area contributed by atoms with Crippen molar-refractivity contribution in [2.45, 2.75) is 0 Å². The number of hydrogen-bond acceptors (Lipinski definition) is 5. The molecule has 160 valence electrons. The molecule has 0 spiro atoms. The molecule has 1 heterocycles. The molecule has 3 amide bonds. The molecule has 0 fully saturated rings. The van der Waals surface area contributed by atoms with Crippen molar-refractivity contribution in [2.75, 3.05) is 17.3 Å². The van der Waals surface area contributed by atoms with Crippen LogP contribution in [0.3, 0.4) is 0 Å². The highest BCUT2D eigenvalue weighted by Gasteiger charge is 2.37. The molecule has 1 aliphatic rings. The lowest BCUT2D eigenvalue weighted by atomic mass is 10.1. The van der Waals surface area contributed by atoms with E-state index < -0.39 is 11.8 Å². The van der Waals surface area contributed by atoms with Gasteiger partial charge < -0.3 is 10.1 Å². The molecular weight excluding hydrogens is 494 g/mol. The molecule has 9 heteroatoms. The molecule has 0 aromatic heterocycles. The number of thiocarbonyl (C=S) groups is 1. The number of carbonyl (C=O) groups excluding carboxylic acids is 3. The van der Waals surface area contributed by atoms with Gasteiger partial charge in [-0.15, -0.1) is 0 Å². The Balaban J connectivity index is 1.52. The van der Waals surface area contributed by atoms with Crippen molar-refractivity contribution >= 4 is 62.4 Å². The zero-order valence-corrected chi connectivity index (χ0v) is 19.1. The highest BCUT2D eigenvalue weighted by Crippen LogP contribution is 2.36. The maximum Gasteiger partial charge on any atom is 0.266 e. The number of hydrogen-bond donors (Lipinski definition) is 2. The summed E-state index contributed by atoms with van der Waals surface area (Å²) in [4.78, 5) is 39.0. The van der Waals surface area contributed by atoms with E-state index in [2.05, 4.69) is 26.6 Å². The number of amides is 3. The molecule has 4 rings (SSSR count). The quantitative estimate of drug-likeness (QED) is 0.400. The van der Waals surface area contributed by atoms with E-state index in [4.69, 9.17) is 17.0 Å². The minimum absolute atomic E-state index is 0.0884. The molecule has 7 nitrogen and oxygen atoms in total. The third kappa shape index (κ3) is 4.12.